The predicted molar refractivity (Wildman–Crippen MR) is 115 cm³/mol. The largest absolute Gasteiger partial charge is 0.368 e. The maximum atomic E-state index is 13.1. The van der Waals surface area contributed by atoms with Gasteiger partial charge in [0.2, 0.25) is 5.91 Å². The SMILES string of the molecule is Cc1cccc(N2CCN(C(=O)C(NC(=O)c3cccs3)C(C)C)CC2)c1C. The third kappa shape index (κ3) is 4.38. The number of rotatable bonds is 5. The molecule has 2 amide bonds. The summed E-state index contributed by atoms with van der Waals surface area (Å²) in [5.74, 6) is -0.120. The van der Waals surface area contributed by atoms with E-state index in [1.54, 1.807) is 6.07 Å². The van der Waals surface area contributed by atoms with Gasteiger partial charge in [0.1, 0.15) is 6.04 Å². The average molecular weight is 400 g/mol. The highest BCUT2D eigenvalue weighted by Gasteiger charge is 2.31. The number of carbonyl (C=O) groups excluding carboxylic acids is 2. The van der Waals surface area contributed by atoms with E-state index in [2.05, 4.69) is 42.3 Å². The molecule has 28 heavy (non-hydrogen) atoms. The van der Waals surface area contributed by atoms with Crippen LogP contribution in [-0.4, -0.2) is 48.9 Å². The number of anilines is 1. The van der Waals surface area contributed by atoms with Crippen LogP contribution in [0.25, 0.3) is 0 Å². The van der Waals surface area contributed by atoms with Crippen LogP contribution in [0, 0.1) is 19.8 Å². The van der Waals surface area contributed by atoms with Crippen molar-refractivity contribution in [1.29, 1.82) is 0 Å². The van der Waals surface area contributed by atoms with Crippen molar-refractivity contribution in [2.24, 2.45) is 5.92 Å². The number of hydrogen-bond donors (Lipinski definition) is 1. The van der Waals surface area contributed by atoms with Gasteiger partial charge in [-0.25, -0.2) is 0 Å². The summed E-state index contributed by atoms with van der Waals surface area (Å²) < 4.78 is 0. The fourth-order valence-electron chi connectivity index (χ4n) is 3.58. The van der Waals surface area contributed by atoms with E-state index in [0.29, 0.717) is 18.0 Å². The Morgan fingerprint density at radius 2 is 1.75 bits per heavy atom. The van der Waals surface area contributed by atoms with Crippen LogP contribution >= 0.6 is 11.3 Å². The van der Waals surface area contributed by atoms with Crippen LogP contribution in [0.3, 0.4) is 0 Å². The second-order valence-electron chi connectivity index (χ2n) is 7.70. The zero-order valence-electron chi connectivity index (χ0n) is 17.1. The first kappa shape index (κ1) is 20.4. The Labute approximate surface area is 171 Å². The summed E-state index contributed by atoms with van der Waals surface area (Å²) in [4.78, 5) is 30.4. The number of nitrogens with zero attached hydrogens (tertiary/aromatic N) is 2. The molecule has 0 spiro atoms. The van der Waals surface area contributed by atoms with Gasteiger partial charge < -0.3 is 15.1 Å². The van der Waals surface area contributed by atoms with Crippen LogP contribution in [0.1, 0.15) is 34.6 Å². The molecule has 1 aromatic carbocycles. The smallest absolute Gasteiger partial charge is 0.262 e. The lowest BCUT2D eigenvalue weighted by atomic mass is 10.0. The number of nitrogens with one attached hydrogen (secondary N) is 1. The fourth-order valence-corrected chi connectivity index (χ4v) is 4.20. The van der Waals surface area contributed by atoms with Gasteiger partial charge in [0.05, 0.1) is 4.88 Å². The second-order valence-corrected chi connectivity index (χ2v) is 8.65. The van der Waals surface area contributed by atoms with Crippen molar-refractivity contribution in [1.82, 2.24) is 10.2 Å². The van der Waals surface area contributed by atoms with Gasteiger partial charge in [-0.1, -0.05) is 32.0 Å². The molecule has 1 aliphatic heterocycles. The highest BCUT2D eigenvalue weighted by molar-refractivity contribution is 7.12. The fraction of sp³-hybridized carbons (Fsp3) is 0.455. The van der Waals surface area contributed by atoms with Crippen LogP contribution in [0.2, 0.25) is 0 Å². The van der Waals surface area contributed by atoms with Crippen molar-refractivity contribution in [3.05, 3.63) is 51.7 Å². The summed E-state index contributed by atoms with van der Waals surface area (Å²) in [6, 6.07) is 9.50. The Bertz CT molecular complexity index is 824. The minimum atomic E-state index is -0.498. The number of hydrogen-bond acceptors (Lipinski definition) is 4. The molecule has 2 heterocycles. The summed E-state index contributed by atoms with van der Waals surface area (Å²) >= 11 is 1.39. The van der Waals surface area contributed by atoms with Crippen molar-refractivity contribution >= 4 is 28.8 Å². The molecule has 0 saturated carbocycles. The molecule has 6 heteroatoms. The second kappa shape index (κ2) is 8.78. The normalized spacial score (nSPS) is 15.6. The molecule has 1 atom stereocenters. The van der Waals surface area contributed by atoms with Crippen LogP contribution in [0.5, 0.6) is 0 Å². The molecule has 0 radical (unpaired) electrons. The molecule has 5 nitrogen and oxygen atoms in total. The molecule has 1 aromatic heterocycles. The van der Waals surface area contributed by atoms with Gasteiger partial charge in [0.15, 0.2) is 0 Å². The summed E-state index contributed by atoms with van der Waals surface area (Å²) in [6.07, 6.45) is 0. The minimum absolute atomic E-state index is 0.0144. The van der Waals surface area contributed by atoms with Gasteiger partial charge in [0.25, 0.3) is 5.91 Å². The number of benzene rings is 1. The van der Waals surface area contributed by atoms with Gasteiger partial charge in [-0.05, 0) is 48.4 Å². The van der Waals surface area contributed by atoms with E-state index in [0.717, 1.165) is 13.1 Å². The zero-order valence-corrected chi connectivity index (χ0v) is 17.9. The summed E-state index contributed by atoms with van der Waals surface area (Å²) in [5.41, 5.74) is 3.83. The van der Waals surface area contributed by atoms with E-state index in [1.165, 1.54) is 28.2 Å². The van der Waals surface area contributed by atoms with Gasteiger partial charge in [0, 0.05) is 31.9 Å². The number of carbonyl (C=O) groups is 2. The average Bonchev–Trinajstić information content (AvgIpc) is 3.22. The van der Waals surface area contributed by atoms with Crippen molar-refractivity contribution in [3.8, 4) is 0 Å². The maximum absolute atomic E-state index is 13.1. The lowest BCUT2D eigenvalue weighted by molar-refractivity contribution is -0.134. The molecular formula is C22H29N3O2S. The quantitative estimate of drug-likeness (QED) is 0.838. The molecule has 0 aliphatic carbocycles. The van der Waals surface area contributed by atoms with E-state index in [1.807, 2.05) is 30.2 Å². The lowest BCUT2D eigenvalue weighted by Gasteiger charge is -2.39. The third-order valence-corrected chi connectivity index (χ3v) is 6.34. The molecule has 2 aromatic rings. The molecule has 3 rings (SSSR count). The molecule has 1 fully saturated rings. The number of piperazine rings is 1. The van der Waals surface area contributed by atoms with Crippen molar-refractivity contribution in [2.75, 3.05) is 31.1 Å². The Morgan fingerprint density at radius 1 is 1.04 bits per heavy atom. The highest BCUT2D eigenvalue weighted by Crippen LogP contribution is 2.24. The summed E-state index contributed by atoms with van der Waals surface area (Å²) in [6.45, 7) is 11.2. The van der Waals surface area contributed by atoms with E-state index >= 15 is 0 Å². The van der Waals surface area contributed by atoms with Crippen LogP contribution in [0.15, 0.2) is 35.7 Å². The molecule has 1 saturated heterocycles. The molecule has 1 aliphatic rings. The maximum Gasteiger partial charge on any atom is 0.262 e. The number of amides is 2. The first-order valence-corrected chi connectivity index (χ1v) is 10.7. The van der Waals surface area contributed by atoms with Crippen molar-refractivity contribution in [3.63, 3.8) is 0 Å². The van der Waals surface area contributed by atoms with E-state index in [-0.39, 0.29) is 17.7 Å². The molecular weight excluding hydrogens is 370 g/mol. The number of aryl methyl sites for hydroxylation is 1. The zero-order chi connectivity index (χ0) is 20.3. The van der Waals surface area contributed by atoms with Gasteiger partial charge in [-0.15, -0.1) is 11.3 Å². The first-order valence-electron chi connectivity index (χ1n) is 9.82. The minimum Gasteiger partial charge on any atom is -0.368 e. The van der Waals surface area contributed by atoms with Crippen LogP contribution in [-0.2, 0) is 4.79 Å². The van der Waals surface area contributed by atoms with Gasteiger partial charge >= 0.3 is 0 Å². The number of thiophene rings is 1. The Kier molecular flexibility index (Phi) is 6.39. The molecule has 1 unspecified atom stereocenters. The third-order valence-electron chi connectivity index (χ3n) is 5.47. The van der Waals surface area contributed by atoms with Crippen molar-refractivity contribution in [2.45, 2.75) is 33.7 Å². The summed E-state index contributed by atoms with van der Waals surface area (Å²) in [7, 11) is 0. The summed E-state index contributed by atoms with van der Waals surface area (Å²) in [5, 5.41) is 4.81. The first-order chi connectivity index (χ1) is 13.4. The van der Waals surface area contributed by atoms with Crippen molar-refractivity contribution < 1.29 is 9.59 Å². The van der Waals surface area contributed by atoms with E-state index in [9.17, 15) is 9.59 Å². The van der Waals surface area contributed by atoms with Crippen LogP contribution < -0.4 is 10.2 Å². The highest BCUT2D eigenvalue weighted by atomic mass is 32.1. The molecule has 1 N–H and O–H groups in total. The molecule has 0 bridgehead atoms. The van der Waals surface area contributed by atoms with E-state index in [4.69, 9.17) is 0 Å². The Balaban J connectivity index is 1.64. The standard InChI is InChI=1S/C22H29N3O2S/c1-15(2)20(23-21(26)19-9-6-14-28-19)22(27)25-12-10-24(11-13-25)18-8-5-7-16(3)17(18)4/h5-9,14-15,20H,10-13H2,1-4H3,(H,23,26). The monoisotopic (exact) mass is 399 g/mol. The van der Waals surface area contributed by atoms with Gasteiger partial charge in [-0.3, -0.25) is 9.59 Å². The molecule has 150 valence electrons. The lowest BCUT2D eigenvalue weighted by Crippen LogP contribution is -2.56. The van der Waals surface area contributed by atoms with Gasteiger partial charge in [-0.2, -0.15) is 0 Å². The Morgan fingerprint density at radius 3 is 2.36 bits per heavy atom. The topological polar surface area (TPSA) is 52.6 Å². The predicted octanol–water partition coefficient (Wildman–Crippen LogP) is 3.47. The van der Waals surface area contributed by atoms with E-state index < -0.39 is 6.04 Å². The van der Waals surface area contributed by atoms with Crippen LogP contribution in [0.4, 0.5) is 5.69 Å². The Hall–Kier alpha value is -2.34.